The number of rotatable bonds is 9. The summed E-state index contributed by atoms with van der Waals surface area (Å²) < 4.78 is 54.4. The smallest absolute Gasteiger partial charge is 0.430 e. The van der Waals surface area contributed by atoms with Crippen molar-refractivity contribution in [2.24, 2.45) is 11.8 Å². The highest BCUT2D eigenvalue weighted by atomic mass is 19.4. The monoisotopic (exact) mass is 588 g/mol. The van der Waals surface area contributed by atoms with Gasteiger partial charge in [0.25, 0.3) is 17.4 Å². The van der Waals surface area contributed by atoms with Gasteiger partial charge in [-0.1, -0.05) is 12.1 Å². The normalized spacial score (nSPS) is 22.6. The van der Waals surface area contributed by atoms with E-state index < -0.39 is 23.2 Å². The molecule has 3 fully saturated rings. The van der Waals surface area contributed by atoms with Gasteiger partial charge in [-0.15, -0.1) is 0 Å². The average Bonchev–Trinajstić information content (AvgIpc) is 3.74. The van der Waals surface area contributed by atoms with E-state index in [2.05, 4.69) is 0 Å². The van der Waals surface area contributed by atoms with Crippen LogP contribution in [0.4, 0.5) is 13.2 Å². The van der Waals surface area contributed by atoms with Crippen LogP contribution in [0.25, 0.3) is 0 Å². The molecule has 2 amide bonds. The summed E-state index contributed by atoms with van der Waals surface area (Å²) in [6.45, 7) is 2.23. The fourth-order valence-electron chi connectivity index (χ4n) is 6.00. The van der Waals surface area contributed by atoms with Gasteiger partial charge in [-0.3, -0.25) is 9.59 Å². The van der Waals surface area contributed by atoms with E-state index >= 15 is 0 Å². The maximum atomic E-state index is 14.2. The van der Waals surface area contributed by atoms with Crippen molar-refractivity contribution in [3.8, 4) is 11.5 Å². The largest absolute Gasteiger partial charge is 0.490 e. The van der Waals surface area contributed by atoms with Crippen LogP contribution in [0.5, 0.6) is 11.5 Å². The van der Waals surface area contributed by atoms with E-state index in [0.29, 0.717) is 30.2 Å². The fraction of sp³-hybridized carbons (Fsp3) is 0.562. The van der Waals surface area contributed by atoms with Crippen LogP contribution in [0.3, 0.4) is 0 Å². The van der Waals surface area contributed by atoms with Crippen molar-refractivity contribution in [1.29, 1.82) is 0 Å². The lowest BCUT2D eigenvalue weighted by Gasteiger charge is -2.41. The number of likely N-dealkylation sites (tertiary alicyclic amines) is 1. The molecule has 0 spiro atoms. The molecule has 1 saturated heterocycles. The maximum absolute atomic E-state index is 14.2. The molecule has 3 aliphatic rings. The van der Waals surface area contributed by atoms with Crippen molar-refractivity contribution in [2.45, 2.75) is 75.9 Å². The Morgan fingerprint density at radius 2 is 1.57 bits per heavy atom. The number of benzene rings is 2. The van der Waals surface area contributed by atoms with Crippen LogP contribution in [0, 0.1) is 18.8 Å². The highest BCUT2D eigenvalue weighted by Gasteiger charge is 2.62. The molecule has 0 bridgehead atoms. The van der Waals surface area contributed by atoms with E-state index in [4.69, 9.17) is 9.47 Å². The second-order valence-corrected chi connectivity index (χ2v) is 12.3. The van der Waals surface area contributed by atoms with E-state index in [9.17, 15) is 27.9 Å². The van der Waals surface area contributed by atoms with Crippen molar-refractivity contribution in [1.82, 2.24) is 9.80 Å². The molecule has 228 valence electrons. The fourth-order valence-corrected chi connectivity index (χ4v) is 6.00. The topological polar surface area (TPSA) is 79.3 Å². The lowest BCUT2D eigenvalue weighted by molar-refractivity contribution is -0.262. The Kier molecular flexibility index (Phi) is 8.47. The zero-order chi connectivity index (χ0) is 30.2. The van der Waals surface area contributed by atoms with Crippen molar-refractivity contribution in [2.75, 3.05) is 27.2 Å². The van der Waals surface area contributed by atoms with E-state index in [1.54, 1.807) is 25.1 Å². The van der Waals surface area contributed by atoms with Gasteiger partial charge in [0.15, 0.2) is 0 Å². The van der Waals surface area contributed by atoms with Gasteiger partial charge in [-0.25, -0.2) is 0 Å². The van der Waals surface area contributed by atoms with Crippen LogP contribution in [0.2, 0.25) is 0 Å². The Morgan fingerprint density at radius 1 is 0.929 bits per heavy atom. The van der Waals surface area contributed by atoms with Crippen LogP contribution < -0.4 is 9.47 Å². The van der Waals surface area contributed by atoms with Crippen LogP contribution in [-0.4, -0.2) is 72.3 Å². The minimum Gasteiger partial charge on any atom is -0.490 e. The Hall–Kier alpha value is -3.27. The molecule has 1 atom stereocenters. The molecule has 1 aliphatic heterocycles. The molecule has 2 aromatic carbocycles. The predicted octanol–water partition coefficient (Wildman–Crippen LogP) is 5.47. The van der Waals surface area contributed by atoms with Crippen LogP contribution >= 0.6 is 0 Å². The van der Waals surface area contributed by atoms with E-state index in [0.717, 1.165) is 60.4 Å². The minimum atomic E-state index is -5.18. The van der Waals surface area contributed by atoms with Gasteiger partial charge in [-0.2, -0.15) is 13.2 Å². The van der Waals surface area contributed by atoms with E-state index in [1.807, 2.05) is 19.1 Å². The zero-order valence-corrected chi connectivity index (χ0v) is 24.3. The van der Waals surface area contributed by atoms with E-state index in [1.165, 1.54) is 12.1 Å². The Labute approximate surface area is 244 Å². The number of alkyl halides is 3. The highest BCUT2D eigenvalue weighted by Crippen LogP contribution is 2.43. The third-order valence-electron chi connectivity index (χ3n) is 8.70. The quantitative estimate of drug-likeness (QED) is 0.420. The standard InChI is InChI=1S/C32H39F3N2O5/c1-20-15-26(9-10-28(20)29(38)36(2)3)42-27-17-22(18-27)16-21-11-13-37(14-12-21)30(39)31(40,32(33,34)35)23-5-4-6-25(19-23)41-24-7-8-24/h4-6,9-10,15,19,21-22,24,27,40H,7-8,11-14,16-18H2,1-3H3/t22?,27?,31-/m1/s1. The summed E-state index contributed by atoms with van der Waals surface area (Å²) in [7, 11) is 3.44. The summed E-state index contributed by atoms with van der Waals surface area (Å²) in [4.78, 5) is 28.2. The highest BCUT2D eigenvalue weighted by molar-refractivity contribution is 5.95. The van der Waals surface area contributed by atoms with Gasteiger partial charge in [0, 0.05) is 38.3 Å². The molecule has 10 heteroatoms. The maximum Gasteiger partial charge on any atom is 0.430 e. The molecule has 1 heterocycles. The Morgan fingerprint density at radius 3 is 2.17 bits per heavy atom. The summed E-state index contributed by atoms with van der Waals surface area (Å²) in [6, 6.07) is 10.7. The van der Waals surface area contributed by atoms with Crippen molar-refractivity contribution in [3.05, 3.63) is 59.2 Å². The van der Waals surface area contributed by atoms with Crippen LogP contribution in [-0.2, 0) is 10.4 Å². The van der Waals surface area contributed by atoms with E-state index in [-0.39, 0.29) is 37.0 Å². The van der Waals surface area contributed by atoms with Gasteiger partial charge in [0.1, 0.15) is 11.5 Å². The second-order valence-electron chi connectivity index (χ2n) is 12.3. The van der Waals surface area contributed by atoms with Crippen molar-refractivity contribution >= 4 is 11.8 Å². The lowest BCUT2D eigenvalue weighted by Crippen LogP contribution is -2.57. The third-order valence-corrected chi connectivity index (χ3v) is 8.70. The third kappa shape index (κ3) is 6.38. The summed E-state index contributed by atoms with van der Waals surface area (Å²) in [6.07, 6.45) is 0.458. The summed E-state index contributed by atoms with van der Waals surface area (Å²) in [5.74, 6) is 0.333. The number of nitrogens with zero attached hydrogens (tertiary/aromatic N) is 2. The number of hydrogen-bond donors (Lipinski definition) is 1. The Bertz CT molecular complexity index is 1300. The predicted molar refractivity (Wildman–Crippen MR) is 150 cm³/mol. The number of amides is 2. The second kappa shape index (κ2) is 11.8. The number of carbonyl (C=O) groups is 2. The number of piperidine rings is 1. The lowest BCUT2D eigenvalue weighted by atomic mass is 9.74. The summed E-state index contributed by atoms with van der Waals surface area (Å²) >= 11 is 0. The molecule has 0 aromatic heterocycles. The van der Waals surface area contributed by atoms with Gasteiger partial charge in [0.05, 0.1) is 12.2 Å². The molecule has 2 aliphatic carbocycles. The molecular formula is C32H39F3N2O5. The number of aliphatic hydroxyl groups is 1. The van der Waals surface area contributed by atoms with Gasteiger partial charge >= 0.3 is 6.18 Å². The van der Waals surface area contributed by atoms with Gasteiger partial charge in [-0.05, 0) is 99.6 Å². The molecule has 0 unspecified atom stereocenters. The van der Waals surface area contributed by atoms with Crippen molar-refractivity contribution < 1.29 is 37.3 Å². The number of ether oxygens (including phenoxy) is 2. The van der Waals surface area contributed by atoms with Crippen molar-refractivity contribution in [3.63, 3.8) is 0 Å². The molecule has 1 N–H and O–H groups in total. The number of carbonyl (C=O) groups excluding carboxylic acids is 2. The first-order chi connectivity index (χ1) is 19.8. The van der Waals surface area contributed by atoms with Gasteiger partial charge in [0.2, 0.25) is 0 Å². The molecular weight excluding hydrogens is 549 g/mol. The molecule has 0 radical (unpaired) electrons. The number of hydrogen-bond acceptors (Lipinski definition) is 5. The van der Waals surface area contributed by atoms with Crippen LogP contribution in [0.1, 0.15) is 66.4 Å². The summed E-state index contributed by atoms with van der Waals surface area (Å²) in [5, 5.41) is 10.9. The average molecular weight is 589 g/mol. The molecule has 7 nitrogen and oxygen atoms in total. The molecule has 5 rings (SSSR count). The van der Waals surface area contributed by atoms with Gasteiger partial charge < -0.3 is 24.4 Å². The molecule has 42 heavy (non-hydrogen) atoms. The SMILES string of the molecule is Cc1cc(OC2CC(CC3CCN(C(=O)[C@](O)(c4cccc(OC5CC5)c4)C(F)(F)F)CC3)C2)ccc1C(=O)N(C)C. The molecule has 2 aromatic rings. The first-order valence-corrected chi connectivity index (χ1v) is 14.7. The molecule has 2 saturated carbocycles. The zero-order valence-electron chi connectivity index (χ0n) is 24.3. The minimum absolute atomic E-state index is 0.0257. The number of halogens is 3. The Balaban J connectivity index is 1.12. The summed E-state index contributed by atoms with van der Waals surface area (Å²) in [5.41, 5.74) is -2.64. The van der Waals surface area contributed by atoms with Crippen LogP contribution in [0.15, 0.2) is 42.5 Å². The first kappa shape index (κ1) is 30.2. The first-order valence-electron chi connectivity index (χ1n) is 14.7. The number of aryl methyl sites for hydroxylation is 1.